The molecule has 0 aliphatic carbocycles. The van der Waals surface area contributed by atoms with E-state index in [-0.39, 0.29) is 47.8 Å². The molecule has 0 bridgehead atoms. The number of ether oxygens (including phenoxy) is 1. The van der Waals surface area contributed by atoms with Crippen molar-refractivity contribution in [2.45, 2.75) is 19.6 Å². The first-order valence-corrected chi connectivity index (χ1v) is 7.22. The van der Waals surface area contributed by atoms with Gasteiger partial charge in [-0.2, -0.15) is 8.78 Å². The predicted octanol–water partition coefficient (Wildman–Crippen LogP) is 3.09. The van der Waals surface area contributed by atoms with Crippen molar-refractivity contribution in [3.63, 3.8) is 0 Å². The quantitative estimate of drug-likeness (QED) is 0.374. The lowest BCUT2D eigenvalue weighted by Gasteiger charge is -2.10. The van der Waals surface area contributed by atoms with Crippen LogP contribution in [0.2, 0.25) is 0 Å². The van der Waals surface area contributed by atoms with Gasteiger partial charge in [-0.25, -0.2) is 9.38 Å². The third-order valence-corrected chi connectivity index (χ3v) is 3.11. The number of pyridine rings is 1. The van der Waals surface area contributed by atoms with Gasteiger partial charge in [-0.05, 0) is 24.3 Å². The first-order chi connectivity index (χ1) is 11.6. The Labute approximate surface area is 160 Å². The lowest BCUT2D eigenvalue weighted by atomic mass is 10.2. The normalized spacial score (nSPS) is 11.1. The number of aliphatic imine (C=N–C) groups is 1. The third kappa shape index (κ3) is 7.16. The summed E-state index contributed by atoms with van der Waals surface area (Å²) in [5.41, 5.74) is 6.51. The average Bonchev–Trinajstić information content (AvgIpc) is 2.55. The number of aromatic nitrogens is 1. The molecule has 0 atom stereocenters. The van der Waals surface area contributed by atoms with Crippen molar-refractivity contribution >= 4 is 29.9 Å². The van der Waals surface area contributed by atoms with Crippen molar-refractivity contribution in [1.29, 1.82) is 0 Å². The summed E-state index contributed by atoms with van der Waals surface area (Å²) < 4.78 is 42.7. The Balaban J connectivity index is 0.00000312. The van der Waals surface area contributed by atoms with Gasteiger partial charge in [0.2, 0.25) is 0 Å². The molecular weight excluding hydrogens is 448 g/mol. The fraction of sp³-hybridized carbons (Fsp3) is 0.250. The minimum Gasteiger partial charge on any atom is -0.434 e. The molecule has 9 heteroatoms. The third-order valence-electron chi connectivity index (χ3n) is 3.11. The highest BCUT2D eigenvalue weighted by molar-refractivity contribution is 14.0. The molecule has 0 unspecified atom stereocenters. The lowest BCUT2D eigenvalue weighted by Crippen LogP contribution is -2.33. The van der Waals surface area contributed by atoms with Gasteiger partial charge in [0.15, 0.2) is 5.96 Å². The van der Waals surface area contributed by atoms with E-state index in [1.807, 2.05) is 18.2 Å². The van der Waals surface area contributed by atoms with E-state index in [9.17, 15) is 13.2 Å². The second-order valence-electron chi connectivity index (χ2n) is 4.79. The van der Waals surface area contributed by atoms with Gasteiger partial charge >= 0.3 is 6.61 Å². The topological polar surface area (TPSA) is 72.5 Å². The Morgan fingerprint density at radius 3 is 2.72 bits per heavy atom. The van der Waals surface area contributed by atoms with Gasteiger partial charge in [-0.3, -0.25) is 4.98 Å². The molecule has 1 heterocycles. The Morgan fingerprint density at radius 1 is 1.24 bits per heavy atom. The Kier molecular flexibility index (Phi) is 9.03. The number of benzene rings is 1. The predicted molar refractivity (Wildman–Crippen MR) is 99.7 cm³/mol. The van der Waals surface area contributed by atoms with Crippen LogP contribution in [0.25, 0.3) is 0 Å². The zero-order valence-corrected chi connectivity index (χ0v) is 15.5. The SMILES string of the molecule is I.NC(=NCc1c(F)cccc1OC(F)F)NCCc1ccccn1. The average molecular weight is 466 g/mol. The second-order valence-corrected chi connectivity index (χ2v) is 4.79. The van der Waals surface area contributed by atoms with Crippen molar-refractivity contribution < 1.29 is 17.9 Å². The number of alkyl halides is 2. The Bertz CT molecular complexity index is 686. The van der Waals surface area contributed by atoms with Crippen molar-refractivity contribution in [3.8, 4) is 5.75 Å². The molecule has 0 saturated heterocycles. The highest BCUT2D eigenvalue weighted by Crippen LogP contribution is 2.24. The van der Waals surface area contributed by atoms with Gasteiger partial charge in [0, 0.05) is 24.9 Å². The molecule has 0 saturated carbocycles. The minimum absolute atomic E-state index is 0. The van der Waals surface area contributed by atoms with Gasteiger partial charge in [-0.1, -0.05) is 12.1 Å². The van der Waals surface area contributed by atoms with Crippen molar-refractivity contribution in [1.82, 2.24) is 10.3 Å². The van der Waals surface area contributed by atoms with Gasteiger partial charge in [0.25, 0.3) is 0 Å². The monoisotopic (exact) mass is 466 g/mol. The van der Waals surface area contributed by atoms with E-state index >= 15 is 0 Å². The maximum Gasteiger partial charge on any atom is 0.387 e. The summed E-state index contributed by atoms with van der Waals surface area (Å²) in [7, 11) is 0. The number of rotatable bonds is 7. The summed E-state index contributed by atoms with van der Waals surface area (Å²) in [6, 6.07) is 9.26. The summed E-state index contributed by atoms with van der Waals surface area (Å²) in [6.07, 6.45) is 2.33. The summed E-state index contributed by atoms with van der Waals surface area (Å²) in [5.74, 6) is -0.856. The molecule has 3 N–H and O–H groups in total. The van der Waals surface area contributed by atoms with E-state index < -0.39 is 12.4 Å². The molecule has 0 fully saturated rings. The molecule has 25 heavy (non-hydrogen) atoms. The van der Waals surface area contributed by atoms with E-state index in [1.165, 1.54) is 12.1 Å². The standard InChI is InChI=1S/C16H17F3N4O.HI/c17-13-5-3-6-14(24-15(18)19)12(13)10-23-16(20)22-9-7-11-4-1-2-8-21-11;/h1-6,8,15H,7,9-10H2,(H3,20,22,23);1H. The Morgan fingerprint density at radius 2 is 2.04 bits per heavy atom. The molecular formula is C16H18F3IN4O. The number of nitrogens with zero attached hydrogens (tertiary/aromatic N) is 2. The molecule has 5 nitrogen and oxygen atoms in total. The Hall–Kier alpha value is -2.04. The number of nitrogens with two attached hydrogens (primary N) is 1. The zero-order chi connectivity index (χ0) is 17.4. The molecule has 136 valence electrons. The first-order valence-electron chi connectivity index (χ1n) is 7.22. The van der Waals surface area contributed by atoms with Crippen LogP contribution in [0.15, 0.2) is 47.6 Å². The van der Waals surface area contributed by atoms with Crippen LogP contribution in [0.3, 0.4) is 0 Å². The number of hydrogen-bond donors (Lipinski definition) is 2. The van der Waals surface area contributed by atoms with Crippen LogP contribution in [0.4, 0.5) is 13.2 Å². The maximum absolute atomic E-state index is 13.8. The van der Waals surface area contributed by atoms with E-state index in [0.29, 0.717) is 13.0 Å². The van der Waals surface area contributed by atoms with Crippen molar-refractivity contribution in [2.75, 3.05) is 6.54 Å². The molecule has 0 amide bonds. The van der Waals surface area contributed by atoms with Gasteiger partial charge in [-0.15, -0.1) is 24.0 Å². The molecule has 0 spiro atoms. The molecule has 0 radical (unpaired) electrons. The largest absolute Gasteiger partial charge is 0.434 e. The fourth-order valence-corrected chi connectivity index (χ4v) is 1.98. The first kappa shape index (κ1) is 21.0. The maximum atomic E-state index is 13.8. The number of nitrogens with one attached hydrogen (secondary N) is 1. The smallest absolute Gasteiger partial charge is 0.387 e. The fourth-order valence-electron chi connectivity index (χ4n) is 1.98. The second kappa shape index (κ2) is 10.7. The van der Waals surface area contributed by atoms with Gasteiger partial charge in [0.05, 0.1) is 12.1 Å². The van der Waals surface area contributed by atoms with Crippen LogP contribution in [0, 0.1) is 5.82 Å². The number of halogens is 4. The molecule has 2 rings (SSSR count). The molecule has 1 aromatic heterocycles. The van der Waals surface area contributed by atoms with E-state index in [4.69, 9.17) is 5.73 Å². The van der Waals surface area contributed by atoms with Crippen LogP contribution in [-0.2, 0) is 13.0 Å². The van der Waals surface area contributed by atoms with Crippen LogP contribution >= 0.6 is 24.0 Å². The van der Waals surface area contributed by atoms with Gasteiger partial charge < -0.3 is 15.8 Å². The van der Waals surface area contributed by atoms with Crippen LogP contribution in [-0.4, -0.2) is 24.1 Å². The molecule has 0 aliphatic heterocycles. The molecule has 0 aliphatic rings. The van der Waals surface area contributed by atoms with Crippen LogP contribution in [0.1, 0.15) is 11.3 Å². The lowest BCUT2D eigenvalue weighted by molar-refractivity contribution is -0.0506. The summed E-state index contributed by atoms with van der Waals surface area (Å²) in [6.45, 7) is -2.76. The summed E-state index contributed by atoms with van der Waals surface area (Å²) in [5, 5.41) is 2.86. The highest BCUT2D eigenvalue weighted by Gasteiger charge is 2.13. The minimum atomic E-state index is -3.04. The number of guanidine groups is 1. The molecule has 2 aromatic rings. The molecule has 1 aromatic carbocycles. The highest BCUT2D eigenvalue weighted by atomic mass is 127. The van der Waals surface area contributed by atoms with Crippen LogP contribution < -0.4 is 15.8 Å². The van der Waals surface area contributed by atoms with E-state index in [2.05, 4.69) is 20.0 Å². The van der Waals surface area contributed by atoms with E-state index in [0.717, 1.165) is 11.8 Å². The van der Waals surface area contributed by atoms with Crippen molar-refractivity contribution in [2.24, 2.45) is 10.7 Å². The number of hydrogen-bond acceptors (Lipinski definition) is 3. The van der Waals surface area contributed by atoms with Crippen molar-refractivity contribution in [3.05, 3.63) is 59.7 Å². The van der Waals surface area contributed by atoms with Gasteiger partial charge in [0.1, 0.15) is 11.6 Å². The zero-order valence-electron chi connectivity index (χ0n) is 13.2. The van der Waals surface area contributed by atoms with Crippen LogP contribution in [0.5, 0.6) is 5.75 Å². The van der Waals surface area contributed by atoms with E-state index in [1.54, 1.807) is 6.20 Å². The summed E-state index contributed by atoms with van der Waals surface area (Å²) >= 11 is 0. The summed E-state index contributed by atoms with van der Waals surface area (Å²) in [4.78, 5) is 8.11.